The maximum atomic E-state index is 13.2. The first kappa shape index (κ1) is 13.8. The molecule has 2 rings (SSSR count). The average Bonchev–Trinajstić information content (AvgIpc) is 2.47. The van der Waals surface area contributed by atoms with E-state index in [1.54, 1.807) is 17.0 Å². The Hall–Kier alpha value is -1.66. The van der Waals surface area contributed by atoms with Gasteiger partial charge in [0.05, 0.1) is 19.8 Å². The number of nitrogens with one attached hydrogen (secondary N) is 1. The number of urea groups is 1. The van der Waals surface area contributed by atoms with Crippen molar-refractivity contribution in [3.63, 3.8) is 0 Å². The zero-order valence-corrected chi connectivity index (χ0v) is 10.6. The van der Waals surface area contributed by atoms with E-state index in [0.717, 1.165) is 5.56 Å². The molecule has 1 aromatic rings. The van der Waals surface area contributed by atoms with Crippen LogP contribution in [0.25, 0.3) is 0 Å². The lowest BCUT2D eigenvalue weighted by molar-refractivity contribution is 0.0531. The van der Waals surface area contributed by atoms with E-state index in [1.807, 2.05) is 0 Å². The number of aliphatic hydroxyl groups excluding tert-OH is 1. The molecule has 0 saturated carbocycles. The number of halogens is 1. The Balaban J connectivity index is 1.89. The summed E-state index contributed by atoms with van der Waals surface area (Å²) in [4.78, 5) is 13.5. The normalized spacial score (nSPS) is 15.4. The van der Waals surface area contributed by atoms with Gasteiger partial charge in [-0.2, -0.15) is 0 Å². The standard InChI is InChI=1S/C13H17FN2O3/c14-12-2-1-10(7-11(12)9-17)8-15-13(18)16-3-5-19-6-4-16/h1-2,7,17H,3-6,8-9H2,(H,15,18). The number of hydrogen-bond acceptors (Lipinski definition) is 3. The van der Waals surface area contributed by atoms with Gasteiger partial charge in [0.1, 0.15) is 5.82 Å². The molecule has 19 heavy (non-hydrogen) atoms. The average molecular weight is 268 g/mol. The van der Waals surface area contributed by atoms with Crippen molar-refractivity contribution in [1.29, 1.82) is 0 Å². The first-order chi connectivity index (χ1) is 9.20. The highest BCUT2D eigenvalue weighted by atomic mass is 19.1. The molecular weight excluding hydrogens is 251 g/mol. The van der Waals surface area contributed by atoms with Gasteiger partial charge in [-0.1, -0.05) is 6.07 Å². The molecule has 2 amide bonds. The number of carbonyl (C=O) groups excluding carboxylic acids is 1. The minimum atomic E-state index is -0.439. The van der Waals surface area contributed by atoms with Gasteiger partial charge in [0.2, 0.25) is 0 Å². The zero-order valence-electron chi connectivity index (χ0n) is 10.6. The fourth-order valence-corrected chi connectivity index (χ4v) is 1.92. The first-order valence-electron chi connectivity index (χ1n) is 6.19. The summed E-state index contributed by atoms with van der Waals surface area (Å²) < 4.78 is 18.4. The van der Waals surface area contributed by atoms with Crippen LogP contribution in [0.15, 0.2) is 18.2 Å². The lowest BCUT2D eigenvalue weighted by atomic mass is 10.1. The number of benzene rings is 1. The van der Waals surface area contributed by atoms with Crippen LogP contribution in [-0.2, 0) is 17.9 Å². The molecule has 0 spiro atoms. The van der Waals surface area contributed by atoms with Crippen LogP contribution < -0.4 is 5.32 Å². The second-order valence-electron chi connectivity index (χ2n) is 4.34. The molecule has 0 bridgehead atoms. The molecule has 0 radical (unpaired) electrons. The van der Waals surface area contributed by atoms with Crippen molar-refractivity contribution in [3.8, 4) is 0 Å². The van der Waals surface area contributed by atoms with Gasteiger partial charge in [-0.25, -0.2) is 9.18 Å². The Morgan fingerprint density at radius 2 is 2.16 bits per heavy atom. The van der Waals surface area contributed by atoms with E-state index in [4.69, 9.17) is 9.84 Å². The summed E-state index contributed by atoms with van der Waals surface area (Å²) in [7, 11) is 0. The van der Waals surface area contributed by atoms with E-state index >= 15 is 0 Å². The van der Waals surface area contributed by atoms with Crippen molar-refractivity contribution in [2.45, 2.75) is 13.2 Å². The van der Waals surface area contributed by atoms with Gasteiger partial charge in [-0.3, -0.25) is 0 Å². The molecule has 1 fully saturated rings. The van der Waals surface area contributed by atoms with Crippen LogP contribution in [0, 0.1) is 5.82 Å². The predicted octanol–water partition coefficient (Wildman–Crippen LogP) is 0.860. The highest BCUT2D eigenvalue weighted by molar-refractivity contribution is 5.74. The summed E-state index contributed by atoms with van der Waals surface area (Å²) in [6.45, 7) is 2.23. The zero-order chi connectivity index (χ0) is 13.7. The van der Waals surface area contributed by atoms with E-state index in [-0.39, 0.29) is 18.2 Å². The highest BCUT2D eigenvalue weighted by Crippen LogP contribution is 2.10. The third-order valence-electron chi connectivity index (χ3n) is 3.02. The molecule has 1 aliphatic rings. The molecule has 5 nitrogen and oxygen atoms in total. The van der Waals surface area contributed by atoms with E-state index in [1.165, 1.54) is 6.07 Å². The number of ether oxygens (including phenoxy) is 1. The van der Waals surface area contributed by atoms with E-state index < -0.39 is 5.82 Å². The van der Waals surface area contributed by atoms with Gasteiger partial charge in [0.15, 0.2) is 0 Å². The molecule has 1 heterocycles. The SMILES string of the molecule is O=C(NCc1ccc(F)c(CO)c1)N1CCOCC1. The van der Waals surface area contributed by atoms with Crippen molar-refractivity contribution < 1.29 is 19.0 Å². The number of amides is 2. The number of aliphatic hydroxyl groups is 1. The summed E-state index contributed by atoms with van der Waals surface area (Å²) in [5.74, 6) is -0.439. The Kier molecular flexibility index (Phi) is 4.70. The van der Waals surface area contributed by atoms with Gasteiger partial charge >= 0.3 is 6.03 Å². The number of hydrogen-bond donors (Lipinski definition) is 2. The Morgan fingerprint density at radius 1 is 1.42 bits per heavy atom. The van der Waals surface area contributed by atoms with Gasteiger partial charge in [-0.05, 0) is 17.7 Å². The topological polar surface area (TPSA) is 61.8 Å². The molecule has 6 heteroatoms. The molecule has 2 N–H and O–H groups in total. The van der Waals surface area contributed by atoms with Crippen LogP contribution in [0.5, 0.6) is 0 Å². The fraction of sp³-hybridized carbons (Fsp3) is 0.462. The van der Waals surface area contributed by atoms with E-state index in [0.29, 0.717) is 32.8 Å². The minimum Gasteiger partial charge on any atom is -0.392 e. The van der Waals surface area contributed by atoms with Crippen molar-refractivity contribution in [2.75, 3.05) is 26.3 Å². The van der Waals surface area contributed by atoms with E-state index in [9.17, 15) is 9.18 Å². The molecular formula is C13H17FN2O3. The van der Waals surface area contributed by atoms with Crippen LogP contribution in [-0.4, -0.2) is 42.3 Å². The smallest absolute Gasteiger partial charge is 0.317 e. The maximum Gasteiger partial charge on any atom is 0.317 e. The van der Waals surface area contributed by atoms with Gasteiger partial charge in [0, 0.05) is 25.2 Å². The first-order valence-corrected chi connectivity index (χ1v) is 6.19. The van der Waals surface area contributed by atoms with Crippen LogP contribution >= 0.6 is 0 Å². The molecule has 0 aliphatic carbocycles. The second-order valence-corrected chi connectivity index (χ2v) is 4.34. The third kappa shape index (κ3) is 3.65. The molecule has 0 atom stereocenters. The summed E-state index contributed by atoms with van der Waals surface area (Å²) >= 11 is 0. The van der Waals surface area contributed by atoms with Crippen LogP contribution in [0.1, 0.15) is 11.1 Å². The van der Waals surface area contributed by atoms with Gasteiger partial charge < -0.3 is 20.1 Å². The Labute approximate surface area is 111 Å². The van der Waals surface area contributed by atoms with Crippen LogP contribution in [0.3, 0.4) is 0 Å². The molecule has 104 valence electrons. The summed E-state index contributed by atoms with van der Waals surface area (Å²) in [6.07, 6.45) is 0. The lowest BCUT2D eigenvalue weighted by Gasteiger charge is -2.26. The molecule has 1 aromatic carbocycles. The minimum absolute atomic E-state index is 0.154. The second kappa shape index (κ2) is 6.49. The molecule has 1 saturated heterocycles. The summed E-state index contributed by atoms with van der Waals surface area (Å²) in [5, 5.41) is 11.7. The predicted molar refractivity (Wildman–Crippen MR) is 67.0 cm³/mol. The number of carbonyl (C=O) groups is 1. The largest absolute Gasteiger partial charge is 0.392 e. The van der Waals surface area contributed by atoms with Crippen LogP contribution in [0.2, 0.25) is 0 Å². The molecule has 1 aliphatic heterocycles. The lowest BCUT2D eigenvalue weighted by Crippen LogP contribution is -2.45. The number of rotatable bonds is 3. The highest BCUT2D eigenvalue weighted by Gasteiger charge is 2.16. The molecule has 0 unspecified atom stereocenters. The summed E-state index contributed by atoms with van der Waals surface area (Å²) in [5.41, 5.74) is 0.991. The van der Waals surface area contributed by atoms with Gasteiger partial charge in [-0.15, -0.1) is 0 Å². The fourth-order valence-electron chi connectivity index (χ4n) is 1.92. The maximum absolute atomic E-state index is 13.2. The van der Waals surface area contributed by atoms with E-state index in [2.05, 4.69) is 5.32 Å². The van der Waals surface area contributed by atoms with Crippen molar-refractivity contribution in [3.05, 3.63) is 35.1 Å². The monoisotopic (exact) mass is 268 g/mol. The number of morpholine rings is 1. The van der Waals surface area contributed by atoms with Crippen LogP contribution in [0.4, 0.5) is 9.18 Å². The Morgan fingerprint density at radius 3 is 2.84 bits per heavy atom. The van der Waals surface area contributed by atoms with Crippen molar-refractivity contribution in [1.82, 2.24) is 10.2 Å². The quantitative estimate of drug-likeness (QED) is 0.854. The number of nitrogens with zero attached hydrogens (tertiary/aromatic N) is 1. The summed E-state index contributed by atoms with van der Waals surface area (Å²) in [6, 6.07) is 4.28. The van der Waals surface area contributed by atoms with Crippen molar-refractivity contribution in [2.24, 2.45) is 0 Å². The molecule has 0 aromatic heterocycles. The van der Waals surface area contributed by atoms with Crippen molar-refractivity contribution >= 4 is 6.03 Å². The van der Waals surface area contributed by atoms with Gasteiger partial charge in [0.25, 0.3) is 0 Å². The Bertz CT molecular complexity index is 448. The third-order valence-corrected chi connectivity index (χ3v) is 3.02.